The van der Waals surface area contributed by atoms with E-state index in [4.69, 9.17) is 5.26 Å². The fourth-order valence-corrected chi connectivity index (χ4v) is 2.30. The number of amides is 5. The summed E-state index contributed by atoms with van der Waals surface area (Å²) in [6, 6.07) is 6.46. The minimum atomic E-state index is -0.853. The number of hydrogen-bond acceptors (Lipinski definition) is 5. The van der Waals surface area contributed by atoms with Crippen molar-refractivity contribution in [2.45, 2.75) is 13.0 Å². The minimum Gasteiger partial charge on any atom is -0.302 e. The minimum absolute atomic E-state index is 0.134. The predicted octanol–water partition coefficient (Wildman–Crippen LogP) is 0.374. The number of nitrogens with zero attached hydrogens (tertiary/aromatic N) is 4. The van der Waals surface area contributed by atoms with Gasteiger partial charge in [0.25, 0.3) is 11.8 Å². The number of hydrazine groups is 1. The lowest BCUT2D eigenvalue weighted by Gasteiger charge is -2.26. The standard InChI is InChI=1S/C14H10N4O4/c1-8(19)17(14(22)16-7-9(16)6-15)18-12(20)10-4-2-3-5-11(10)13(18)21/h2-5,9H,7H2,1H3. The van der Waals surface area contributed by atoms with Crippen LogP contribution < -0.4 is 0 Å². The van der Waals surface area contributed by atoms with Crippen LogP contribution in [0, 0.1) is 11.3 Å². The lowest BCUT2D eigenvalue weighted by Crippen LogP contribution is -2.53. The Bertz CT molecular complexity index is 731. The largest absolute Gasteiger partial charge is 0.347 e. The SMILES string of the molecule is CC(=O)N(C(=O)N1CC1C#N)N1C(=O)c2ccccc2C1=O. The van der Waals surface area contributed by atoms with E-state index in [0.29, 0.717) is 10.0 Å². The van der Waals surface area contributed by atoms with Gasteiger partial charge in [0.1, 0.15) is 6.04 Å². The fourth-order valence-electron chi connectivity index (χ4n) is 2.30. The lowest BCUT2D eigenvalue weighted by molar-refractivity contribution is -0.134. The molecule has 2 aliphatic heterocycles. The molecule has 22 heavy (non-hydrogen) atoms. The molecular weight excluding hydrogens is 288 g/mol. The molecule has 0 saturated carbocycles. The summed E-state index contributed by atoms with van der Waals surface area (Å²) in [7, 11) is 0. The maximum absolute atomic E-state index is 12.3. The van der Waals surface area contributed by atoms with Gasteiger partial charge in [0.2, 0.25) is 5.91 Å². The first-order chi connectivity index (χ1) is 10.5. The molecule has 8 nitrogen and oxygen atoms in total. The average molecular weight is 298 g/mol. The normalized spacial score (nSPS) is 18.8. The number of carbonyl (C=O) groups excluding carboxylic acids is 4. The summed E-state index contributed by atoms with van der Waals surface area (Å²) in [6.07, 6.45) is 0. The van der Waals surface area contributed by atoms with Gasteiger partial charge in [-0.3, -0.25) is 14.4 Å². The number of carbonyl (C=O) groups is 4. The van der Waals surface area contributed by atoms with Gasteiger partial charge >= 0.3 is 6.03 Å². The van der Waals surface area contributed by atoms with Gasteiger partial charge in [-0.2, -0.15) is 15.3 Å². The molecule has 1 fully saturated rings. The highest BCUT2D eigenvalue weighted by molar-refractivity contribution is 6.22. The van der Waals surface area contributed by atoms with Gasteiger partial charge in [-0.15, -0.1) is 0 Å². The number of nitriles is 1. The zero-order chi connectivity index (χ0) is 16.0. The number of benzene rings is 1. The van der Waals surface area contributed by atoms with E-state index in [-0.39, 0.29) is 17.7 Å². The molecule has 0 N–H and O–H groups in total. The highest BCUT2D eigenvalue weighted by Crippen LogP contribution is 2.27. The summed E-state index contributed by atoms with van der Waals surface area (Å²) >= 11 is 0. The summed E-state index contributed by atoms with van der Waals surface area (Å²) in [5.74, 6) is -2.25. The quantitative estimate of drug-likeness (QED) is 0.551. The first-order valence-electron chi connectivity index (χ1n) is 6.46. The summed E-state index contributed by atoms with van der Waals surface area (Å²) in [6.45, 7) is 1.24. The van der Waals surface area contributed by atoms with Crippen LogP contribution in [-0.4, -0.2) is 51.3 Å². The number of urea groups is 1. The van der Waals surface area contributed by atoms with Gasteiger partial charge in [-0.05, 0) is 12.1 Å². The average Bonchev–Trinajstić information content (AvgIpc) is 3.25. The summed E-state index contributed by atoms with van der Waals surface area (Å²) in [4.78, 5) is 49.8. The van der Waals surface area contributed by atoms with E-state index in [1.165, 1.54) is 12.1 Å². The molecule has 2 heterocycles. The molecule has 0 radical (unpaired) electrons. The summed E-state index contributed by atoms with van der Waals surface area (Å²) in [5, 5.41) is 9.78. The van der Waals surface area contributed by atoms with Crippen molar-refractivity contribution in [2.75, 3.05) is 6.54 Å². The van der Waals surface area contributed by atoms with Crippen LogP contribution in [-0.2, 0) is 4.79 Å². The Hall–Kier alpha value is -3.21. The molecule has 1 aromatic rings. The second-order valence-corrected chi connectivity index (χ2v) is 4.88. The Morgan fingerprint density at radius 3 is 2.18 bits per heavy atom. The van der Waals surface area contributed by atoms with Crippen molar-refractivity contribution < 1.29 is 19.2 Å². The van der Waals surface area contributed by atoms with Crippen LogP contribution in [0.25, 0.3) is 0 Å². The van der Waals surface area contributed by atoms with Crippen molar-refractivity contribution in [2.24, 2.45) is 0 Å². The topological polar surface area (TPSA) is 102 Å². The molecule has 0 aromatic heterocycles. The monoisotopic (exact) mass is 298 g/mol. The number of rotatable bonds is 1. The van der Waals surface area contributed by atoms with Crippen molar-refractivity contribution in [3.8, 4) is 6.07 Å². The zero-order valence-corrected chi connectivity index (χ0v) is 11.5. The van der Waals surface area contributed by atoms with E-state index in [2.05, 4.69) is 0 Å². The van der Waals surface area contributed by atoms with Gasteiger partial charge in [0, 0.05) is 6.92 Å². The zero-order valence-electron chi connectivity index (χ0n) is 11.5. The van der Waals surface area contributed by atoms with E-state index >= 15 is 0 Å². The molecule has 0 bridgehead atoms. The van der Waals surface area contributed by atoms with Crippen LogP contribution >= 0.6 is 0 Å². The smallest absolute Gasteiger partial charge is 0.302 e. The lowest BCUT2D eigenvalue weighted by atomic mass is 10.1. The maximum atomic E-state index is 12.3. The Balaban J connectivity index is 1.96. The number of fused-ring (bicyclic) bond motifs is 1. The van der Waals surface area contributed by atoms with Crippen LogP contribution in [0.15, 0.2) is 24.3 Å². The highest BCUT2D eigenvalue weighted by Gasteiger charge is 2.49. The van der Waals surface area contributed by atoms with Crippen molar-refractivity contribution in [1.82, 2.24) is 14.9 Å². The molecular formula is C14H10N4O4. The van der Waals surface area contributed by atoms with E-state index in [9.17, 15) is 19.2 Å². The molecule has 0 spiro atoms. The Labute approximate surface area is 125 Å². The molecule has 0 aliphatic carbocycles. The third-order valence-electron chi connectivity index (χ3n) is 3.46. The molecule has 2 aliphatic rings. The maximum Gasteiger partial charge on any atom is 0.347 e. The first-order valence-corrected chi connectivity index (χ1v) is 6.46. The predicted molar refractivity (Wildman–Crippen MR) is 71.0 cm³/mol. The van der Waals surface area contributed by atoms with Gasteiger partial charge in [-0.25, -0.2) is 4.79 Å². The van der Waals surface area contributed by atoms with Crippen LogP contribution in [0.1, 0.15) is 27.6 Å². The second-order valence-electron chi connectivity index (χ2n) is 4.88. The molecule has 1 saturated heterocycles. The molecule has 110 valence electrons. The summed E-state index contributed by atoms with van der Waals surface area (Å²) in [5.41, 5.74) is 0.267. The molecule has 8 heteroatoms. The number of imide groups is 2. The Morgan fingerprint density at radius 1 is 1.23 bits per heavy atom. The first kappa shape index (κ1) is 13.8. The van der Waals surface area contributed by atoms with E-state index in [1.54, 1.807) is 12.1 Å². The third kappa shape index (κ3) is 1.83. The van der Waals surface area contributed by atoms with E-state index < -0.39 is 29.8 Å². The molecule has 1 atom stereocenters. The molecule has 3 rings (SSSR count). The van der Waals surface area contributed by atoms with Crippen molar-refractivity contribution in [3.63, 3.8) is 0 Å². The molecule has 1 unspecified atom stereocenters. The highest BCUT2D eigenvalue weighted by atomic mass is 16.2. The van der Waals surface area contributed by atoms with Crippen molar-refractivity contribution >= 4 is 23.8 Å². The number of hydrogen-bond donors (Lipinski definition) is 0. The van der Waals surface area contributed by atoms with Gasteiger partial charge < -0.3 is 4.90 Å². The van der Waals surface area contributed by atoms with Crippen LogP contribution in [0.4, 0.5) is 4.79 Å². The van der Waals surface area contributed by atoms with E-state index in [0.717, 1.165) is 11.8 Å². The van der Waals surface area contributed by atoms with Gasteiger partial charge in [0.05, 0.1) is 23.7 Å². The van der Waals surface area contributed by atoms with Gasteiger partial charge in [-0.1, -0.05) is 12.1 Å². The fraction of sp³-hybridized carbons (Fsp3) is 0.214. The van der Waals surface area contributed by atoms with Crippen LogP contribution in [0.2, 0.25) is 0 Å². The van der Waals surface area contributed by atoms with Crippen LogP contribution in [0.5, 0.6) is 0 Å². The molecule has 1 aromatic carbocycles. The third-order valence-corrected chi connectivity index (χ3v) is 3.46. The van der Waals surface area contributed by atoms with Crippen LogP contribution in [0.3, 0.4) is 0 Å². The Morgan fingerprint density at radius 2 is 1.77 bits per heavy atom. The van der Waals surface area contributed by atoms with Crippen molar-refractivity contribution in [3.05, 3.63) is 35.4 Å². The Kier molecular flexibility index (Phi) is 2.92. The molecule has 5 amide bonds. The van der Waals surface area contributed by atoms with Crippen molar-refractivity contribution in [1.29, 1.82) is 5.26 Å². The second kappa shape index (κ2) is 4.66. The van der Waals surface area contributed by atoms with Gasteiger partial charge in [0.15, 0.2) is 0 Å². The van der Waals surface area contributed by atoms with E-state index in [1.807, 2.05) is 6.07 Å². The summed E-state index contributed by atoms with van der Waals surface area (Å²) < 4.78 is 0.